The molecule has 0 radical (unpaired) electrons. The third kappa shape index (κ3) is 3.86. The summed E-state index contributed by atoms with van der Waals surface area (Å²) in [5, 5.41) is 0. The van der Waals surface area contributed by atoms with Crippen molar-refractivity contribution in [3.8, 4) is 0 Å². The minimum Gasteiger partial charge on any atom is -0.374 e. The molecule has 0 N–H and O–H groups in total. The van der Waals surface area contributed by atoms with Crippen LogP contribution in [0.1, 0.15) is 37.7 Å². The van der Waals surface area contributed by atoms with E-state index < -0.39 is 0 Å². The number of amides is 1. The van der Waals surface area contributed by atoms with Gasteiger partial charge in [-0.15, -0.1) is 0 Å². The van der Waals surface area contributed by atoms with Crippen LogP contribution in [0.4, 0.5) is 0 Å². The van der Waals surface area contributed by atoms with Gasteiger partial charge in [0.25, 0.3) is 5.91 Å². The fourth-order valence-electron chi connectivity index (χ4n) is 4.14. The van der Waals surface area contributed by atoms with Crippen LogP contribution in [0.25, 0.3) is 0 Å². The summed E-state index contributed by atoms with van der Waals surface area (Å²) in [6.07, 6.45) is 8.32. The number of carbonyl (C=O) groups is 1. The van der Waals surface area contributed by atoms with Crippen molar-refractivity contribution in [2.24, 2.45) is 0 Å². The first-order chi connectivity index (χ1) is 12.3. The highest BCUT2D eigenvalue weighted by molar-refractivity contribution is 5.81. The Morgan fingerprint density at radius 3 is 3.08 bits per heavy atom. The van der Waals surface area contributed by atoms with Crippen LogP contribution < -0.4 is 0 Å². The van der Waals surface area contributed by atoms with E-state index in [0.717, 1.165) is 44.2 Å². The van der Waals surface area contributed by atoms with Crippen LogP contribution in [0.15, 0.2) is 24.5 Å². The smallest absolute Gasteiger partial charge is 0.252 e. The molecule has 3 saturated heterocycles. The van der Waals surface area contributed by atoms with E-state index in [1.165, 1.54) is 0 Å². The molecule has 0 spiro atoms. The highest BCUT2D eigenvalue weighted by Crippen LogP contribution is 2.33. The third-order valence-corrected chi connectivity index (χ3v) is 5.42. The van der Waals surface area contributed by atoms with E-state index in [2.05, 4.69) is 4.98 Å². The molecule has 4 atom stereocenters. The van der Waals surface area contributed by atoms with E-state index in [1.807, 2.05) is 23.2 Å². The van der Waals surface area contributed by atoms with Crippen molar-refractivity contribution in [2.45, 2.75) is 63.1 Å². The zero-order chi connectivity index (χ0) is 17.1. The van der Waals surface area contributed by atoms with Crippen molar-refractivity contribution in [1.82, 2.24) is 9.88 Å². The number of fused-ring (bicyclic) bond motifs is 1. The van der Waals surface area contributed by atoms with Gasteiger partial charge >= 0.3 is 0 Å². The Kier molecular flexibility index (Phi) is 5.29. The molecule has 3 fully saturated rings. The van der Waals surface area contributed by atoms with Crippen LogP contribution in [-0.4, -0.2) is 59.9 Å². The summed E-state index contributed by atoms with van der Waals surface area (Å²) >= 11 is 0. The number of pyridine rings is 1. The highest BCUT2D eigenvalue weighted by atomic mass is 16.5. The van der Waals surface area contributed by atoms with Crippen LogP contribution in [0.5, 0.6) is 0 Å². The molecule has 0 aliphatic carbocycles. The fraction of sp³-hybridized carbons (Fsp3) is 0.684. The molecular weight excluding hydrogens is 320 g/mol. The van der Waals surface area contributed by atoms with E-state index in [1.54, 1.807) is 6.20 Å². The van der Waals surface area contributed by atoms with E-state index in [0.29, 0.717) is 19.8 Å². The van der Waals surface area contributed by atoms with E-state index in [-0.39, 0.29) is 30.3 Å². The molecule has 6 nitrogen and oxygen atoms in total. The van der Waals surface area contributed by atoms with Crippen LogP contribution in [-0.2, 0) is 25.6 Å². The Morgan fingerprint density at radius 2 is 2.28 bits per heavy atom. The fourth-order valence-corrected chi connectivity index (χ4v) is 4.14. The van der Waals surface area contributed by atoms with Gasteiger partial charge < -0.3 is 19.1 Å². The van der Waals surface area contributed by atoms with Crippen LogP contribution in [0.3, 0.4) is 0 Å². The number of rotatable bonds is 5. The number of likely N-dealkylation sites (tertiary alicyclic amines) is 1. The molecule has 6 heteroatoms. The van der Waals surface area contributed by atoms with Crippen molar-refractivity contribution in [2.75, 3.05) is 19.8 Å². The molecule has 0 bridgehead atoms. The number of hydrogen-bond acceptors (Lipinski definition) is 5. The van der Waals surface area contributed by atoms with Gasteiger partial charge in [-0.25, -0.2) is 0 Å². The summed E-state index contributed by atoms with van der Waals surface area (Å²) in [6.45, 7) is 2.66. The molecular formula is C19H26N2O4. The minimum atomic E-state index is -0.223. The van der Waals surface area contributed by atoms with Crippen molar-refractivity contribution >= 4 is 5.91 Å². The Bertz CT molecular complexity index is 576. The van der Waals surface area contributed by atoms with Gasteiger partial charge in [0.1, 0.15) is 6.10 Å². The standard InChI is InChI=1S/C19H26N2O4/c22-19(18-4-2-10-24-18)21-9-7-17-16(21)6-5-15(25-17)13-23-12-14-3-1-8-20-11-14/h1,3,8,11,15-18H,2,4-7,9-10,12-13H2/t15?,16-,17-,18?/m0/s1. The number of aromatic nitrogens is 1. The molecule has 0 aromatic carbocycles. The topological polar surface area (TPSA) is 60.9 Å². The third-order valence-electron chi connectivity index (χ3n) is 5.42. The lowest BCUT2D eigenvalue weighted by atomic mass is 9.99. The Balaban J connectivity index is 1.25. The average molecular weight is 346 g/mol. The molecule has 1 amide bonds. The quantitative estimate of drug-likeness (QED) is 0.815. The summed E-state index contributed by atoms with van der Waals surface area (Å²) in [4.78, 5) is 18.7. The van der Waals surface area contributed by atoms with E-state index >= 15 is 0 Å². The molecule has 0 saturated carbocycles. The second kappa shape index (κ2) is 7.81. The molecule has 3 aliphatic rings. The van der Waals surface area contributed by atoms with Gasteiger partial charge in [0, 0.05) is 25.5 Å². The van der Waals surface area contributed by atoms with Gasteiger partial charge in [0.15, 0.2) is 0 Å². The molecule has 1 aromatic rings. The molecule has 3 aliphatic heterocycles. The Labute approximate surface area is 148 Å². The molecule has 1 aromatic heterocycles. The van der Waals surface area contributed by atoms with Crippen LogP contribution >= 0.6 is 0 Å². The molecule has 4 rings (SSSR count). The van der Waals surface area contributed by atoms with Crippen LogP contribution in [0.2, 0.25) is 0 Å². The van der Waals surface area contributed by atoms with E-state index in [9.17, 15) is 4.79 Å². The van der Waals surface area contributed by atoms with Gasteiger partial charge in [-0.1, -0.05) is 6.07 Å². The first kappa shape index (κ1) is 16.9. The maximum absolute atomic E-state index is 12.6. The lowest BCUT2D eigenvalue weighted by Crippen LogP contribution is -2.48. The first-order valence-electron chi connectivity index (χ1n) is 9.35. The largest absolute Gasteiger partial charge is 0.374 e. The molecule has 2 unspecified atom stereocenters. The Hall–Kier alpha value is -1.50. The summed E-state index contributed by atoms with van der Waals surface area (Å²) in [6, 6.07) is 4.14. The zero-order valence-electron chi connectivity index (χ0n) is 14.5. The lowest BCUT2D eigenvalue weighted by Gasteiger charge is -2.36. The number of hydrogen-bond donors (Lipinski definition) is 0. The second-order valence-corrected chi connectivity index (χ2v) is 7.14. The minimum absolute atomic E-state index is 0.121. The number of nitrogens with zero attached hydrogens (tertiary/aromatic N) is 2. The second-order valence-electron chi connectivity index (χ2n) is 7.14. The van der Waals surface area contributed by atoms with Crippen molar-refractivity contribution < 1.29 is 19.0 Å². The predicted octanol–water partition coefficient (Wildman–Crippen LogP) is 1.93. The van der Waals surface area contributed by atoms with Crippen molar-refractivity contribution in [3.63, 3.8) is 0 Å². The van der Waals surface area contributed by atoms with E-state index in [4.69, 9.17) is 14.2 Å². The van der Waals surface area contributed by atoms with Crippen LogP contribution in [0, 0.1) is 0 Å². The molecule has 136 valence electrons. The number of ether oxygens (including phenoxy) is 3. The van der Waals surface area contributed by atoms with Gasteiger partial charge in [-0.3, -0.25) is 9.78 Å². The number of carbonyl (C=O) groups excluding carboxylic acids is 1. The first-order valence-corrected chi connectivity index (χ1v) is 9.35. The average Bonchev–Trinajstić information content (AvgIpc) is 3.32. The maximum atomic E-state index is 12.6. The monoisotopic (exact) mass is 346 g/mol. The molecule has 4 heterocycles. The predicted molar refractivity (Wildman–Crippen MR) is 90.9 cm³/mol. The van der Waals surface area contributed by atoms with Crippen molar-refractivity contribution in [3.05, 3.63) is 30.1 Å². The van der Waals surface area contributed by atoms with Gasteiger partial charge in [-0.05, 0) is 43.7 Å². The van der Waals surface area contributed by atoms with Gasteiger partial charge in [0.2, 0.25) is 0 Å². The summed E-state index contributed by atoms with van der Waals surface area (Å²) in [5.41, 5.74) is 1.07. The molecule has 25 heavy (non-hydrogen) atoms. The summed E-state index contributed by atoms with van der Waals surface area (Å²) in [5.74, 6) is 0.167. The van der Waals surface area contributed by atoms with Gasteiger partial charge in [-0.2, -0.15) is 0 Å². The zero-order valence-corrected chi connectivity index (χ0v) is 14.5. The summed E-state index contributed by atoms with van der Waals surface area (Å²) < 4.78 is 17.6. The van der Waals surface area contributed by atoms with Crippen molar-refractivity contribution in [1.29, 1.82) is 0 Å². The summed E-state index contributed by atoms with van der Waals surface area (Å²) in [7, 11) is 0. The Morgan fingerprint density at radius 1 is 1.32 bits per heavy atom. The highest BCUT2D eigenvalue weighted by Gasteiger charge is 2.44. The SMILES string of the molecule is O=C(C1CCCO1)N1CC[C@@H]2OC(COCc3cccnc3)CC[C@@H]21. The normalized spacial score (nSPS) is 31.9. The van der Waals surface area contributed by atoms with Gasteiger partial charge in [0.05, 0.1) is 31.5 Å². The maximum Gasteiger partial charge on any atom is 0.252 e. The lowest BCUT2D eigenvalue weighted by molar-refractivity contribution is -0.148.